The van der Waals surface area contributed by atoms with E-state index in [9.17, 15) is 13.2 Å². The molecule has 0 amide bonds. The predicted molar refractivity (Wildman–Crippen MR) is 56.1 cm³/mol. The maximum absolute atomic E-state index is 12.6. The summed E-state index contributed by atoms with van der Waals surface area (Å²) in [6.45, 7) is 7.23. The second kappa shape index (κ2) is 4.55. The van der Waals surface area contributed by atoms with Gasteiger partial charge in [-0.3, -0.25) is 0 Å². The molecule has 0 aromatic rings. The van der Waals surface area contributed by atoms with Crippen LogP contribution < -0.4 is 5.73 Å². The molecule has 15 heavy (non-hydrogen) atoms. The molecule has 0 heterocycles. The highest BCUT2D eigenvalue weighted by Gasteiger charge is 2.49. The van der Waals surface area contributed by atoms with Crippen molar-refractivity contribution in [3.05, 3.63) is 36.1 Å². The third-order valence-corrected chi connectivity index (χ3v) is 2.19. The third kappa shape index (κ3) is 3.46. The number of rotatable bonds is 3. The van der Waals surface area contributed by atoms with Gasteiger partial charge in [-0.05, 0) is 32.4 Å². The Kier molecular flexibility index (Phi) is 4.19. The Morgan fingerprint density at radius 3 is 2.07 bits per heavy atom. The van der Waals surface area contributed by atoms with Crippen molar-refractivity contribution in [1.29, 1.82) is 0 Å². The van der Waals surface area contributed by atoms with Crippen LogP contribution in [0.15, 0.2) is 36.1 Å². The van der Waals surface area contributed by atoms with Gasteiger partial charge < -0.3 is 5.73 Å². The number of allylic oxidation sites excluding steroid dienone is 5. The van der Waals surface area contributed by atoms with Crippen LogP contribution in [0.1, 0.15) is 20.8 Å². The molecule has 0 saturated heterocycles. The fourth-order valence-electron chi connectivity index (χ4n) is 0.823. The van der Waals surface area contributed by atoms with E-state index >= 15 is 0 Å². The molecule has 0 aliphatic rings. The van der Waals surface area contributed by atoms with Gasteiger partial charge in [-0.15, -0.1) is 0 Å². The van der Waals surface area contributed by atoms with Crippen LogP contribution in [0, 0.1) is 5.41 Å². The summed E-state index contributed by atoms with van der Waals surface area (Å²) in [6.07, 6.45) is 0.0657. The molecule has 0 fully saturated rings. The molecule has 0 spiro atoms. The molecule has 0 bridgehead atoms. The van der Waals surface area contributed by atoms with Crippen LogP contribution in [0.5, 0.6) is 0 Å². The first kappa shape index (κ1) is 13.8. The Bertz CT molecular complexity index is 295. The molecular formula is C11H16F3N. The van der Waals surface area contributed by atoms with Crippen molar-refractivity contribution in [1.82, 2.24) is 0 Å². The number of hydrogen-bond donors (Lipinski definition) is 1. The highest BCUT2D eigenvalue weighted by atomic mass is 19.4. The van der Waals surface area contributed by atoms with Crippen molar-refractivity contribution < 1.29 is 13.2 Å². The van der Waals surface area contributed by atoms with Crippen molar-refractivity contribution in [2.45, 2.75) is 26.9 Å². The maximum Gasteiger partial charge on any atom is 0.399 e. The van der Waals surface area contributed by atoms with Gasteiger partial charge in [0.15, 0.2) is 0 Å². The van der Waals surface area contributed by atoms with Gasteiger partial charge in [0.2, 0.25) is 0 Å². The Balaban J connectivity index is 5.09. The van der Waals surface area contributed by atoms with Gasteiger partial charge in [-0.2, -0.15) is 13.2 Å². The number of nitrogens with two attached hydrogens (primary N) is 1. The van der Waals surface area contributed by atoms with Crippen LogP contribution in [0.4, 0.5) is 13.2 Å². The van der Waals surface area contributed by atoms with Crippen LogP contribution in [0.3, 0.4) is 0 Å². The molecule has 0 aromatic carbocycles. The Hall–Kier alpha value is -1.19. The van der Waals surface area contributed by atoms with E-state index in [1.54, 1.807) is 13.0 Å². The van der Waals surface area contributed by atoms with E-state index < -0.39 is 11.6 Å². The first-order valence-corrected chi connectivity index (χ1v) is 4.46. The van der Waals surface area contributed by atoms with Gasteiger partial charge in [0, 0.05) is 5.70 Å². The molecule has 0 saturated carbocycles. The zero-order valence-corrected chi connectivity index (χ0v) is 9.15. The summed E-state index contributed by atoms with van der Waals surface area (Å²) in [4.78, 5) is 0. The van der Waals surface area contributed by atoms with Crippen molar-refractivity contribution >= 4 is 0 Å². The van der Waals surface area contributed by atoms with Crippen molar-refractivity contribution in [3.63, 3.8) is 0 Å². The summed E-state index contributed by atoms with van der Waals surface area (Å²) < 4.78 is 37.7. The monoisotopic (exact) mass is 219 g/mol. The molecule has 4 heteroatoms. The van der Waals surface area contributed by atoms with E-state index in [2.05, 4.69) is 6.58 Å². The van der Waals surface area contributed by atoms with Gasteiger partial charge in [-0.25, -0.2) is 0 Å². The highest BCUT2D eigenvalue weighted by molar-refractivity contribution is 5.27. The van der Waals surface area contributed by atoms with E-state index in [0.29, 0.717) is 5.57 Å². The second-order valence-electron chi connectivity index (χ2n) is 3.87. The minimum absolute atomic E-state index is 0.203. The summed E-state index contributed by atoms with van der Waals surface area (Å²) in [5, 5.41) is 0. The summed E-state index contributed by atoms with van der Waals surface area (Å²) in [5.41, 5.74) is 3.86. The van der Waals surface area contributed by atoms with E-state index in [-0.39, 0.29) is 5.70 Å². The summed E-state index contributed by atoms with van der Waals surface area (Å²) in [7, 11) is 0. The lowest BCUT2D eigenvalue weighted by molar-refractivity contribution is -0.197. The summed E-state index contributed by atoms with van der Waals surface area (Å²) in [5.74, 6) is 0. The molecule has 86 valence electrons. The molecule has 2 N–H and O–H groups in total. The first-order valence-electron chi connectivity index (χ1n) is 4.46. The van der Waals surface area contributed by atoms with Gasteiger partial charge in [0.05, 0.1) is 5.41 Å². The average Bonchev–Trinajstić information content (AvgIpc) is 2.02. The average molecular weight is 219 g/mol. The lowest BCUT2D eigenvalue weighted by Crippen LogP contribution is -2.37. The SMILES string of the molecule is C=C/C=C(C)\C=C(/N)C(C)(C)C(F)(F)F. The Morgan fingerprint density at radius 2 is 1.73 bits per heavy atom. The molecule has 1 nitrogen and oxygen atoms in total. The summed E-state index contributed by atoms with van der Waals surface area (Å²) >= 11 is 0. The highest BCUT2D eigenvalue weighted by Crippen LogP contribution is 2.41. The molecule has 0 atom stereocenters. The molecule has 0 radical (unpaired) electrons. The topological polar surface area (TPSA) is 26.0 Å². The van der Waals surface area contributed by atoms with Crippen molar-refractivity contribution in [2.24, 2.45) is 11.1 Å². The molecule has 0 aromatic heterocycles. The lowest BCUT2D eigenvalue weighted by atomic mass is 9.87. The Morgan fingerprint density at radius 1 is 1.27 bits per heavy atom. The van der Waals surface area contributed by atoms with Gasteiger partial charge in [0.25, 0.3) is 0 Å². The van der Waals surface area contributed by atoms with Crippen LogP contribution in [-0.2, 0) is 0 Å². The van der Waals surface area contributed by atoms with Crippen molar-refractivity contribution in [2.75, 3.05) is 0 Å². The zero-order chi connectivity index (χ0) is 12.3. The van der Waals surface area contributed by atoms with Crippen LogP contribution >= 0.6 is 0 Å². The molecule has 0 aliphatic carbocycles. The molecule has 0 rings (SSSR count). The normalized spacial score (nSPS) is 15.3. The quantitative estimate of drug-likeness (QED) is 0.722. The lowest BCUT2D eigenvalue weighted by Gasteiger charge is -2.28. The van der Waals surface area contributed by atoms with Gasteiger partial charge in [-0.1, -0.05) is 18.7 Å². The van der Waals surface area contributed by atoms with E-state index in [1.165, 1.54) is 12.2 Å². The minimum Gasteiger partial charge on any atom is -0.401 e. The van der Waals surface area contributed by atoms with Gasteiger partial charge in [0.1, 0.15) is 0 Å². The number of alkyl halides is 3. The van der Waals surface area contributed by atoms with Crippen molar-refractivity contribution in [3.8, 4) is 0 Å². The smallest absolute Gasteiger partial charge is 0.399 e. The number of hydrogen-bond acceptors (Lipinski definition) is 1. The molecule has 0 unspecified atom stereocenters. The van der Waals surface area contributed by atoms with Gasteiger partial charge >= 0.3 is 6.18 Å². The Labute approximate surface area is 88.2 Å². The van der Waals surface area contributed by atoms with E-state index in [0.717, 1.165) is 13.8 Å². The van der Waals surface area contributed by atoms with Crippen LogP contribution in [0.25, 0.3) is 0 Å². The fraction of sp³-hybridized carbons (Fsp3) is 0.455. The predicted octanol–water partition coefficient (Wildman–Crippen LogP) is 3.55. The third-order valence-electron chi connectivity index (χ3n) is 2.19. The van der Waals surface area contributed by atoms with Crippen LogP contribution in [-0.4, -0.2) is 6.18 Å². The largest absolute Gasteiger partial charge is 0.401 e. The zero-order valence-electron chi connectivity index (χ0n) is 9.15. The standard InChI is InChI=1S/C11H16F3N/c1-5-6-8(2)7-9(15)10(3,4)11(12,13)14/h5-7H,1,15H2,2-4H3/b8-6-,9-7-. The first-order chi connectivity index (χ1) is 6.63. The van der Waals surface area contributed by atoms with E-state index in [1.807, 2.05) is 0 Å². The van der Waals surface area contributed by atoms with E-state index in [4.69, 9.17) is 5.73 Å². The number of halogens is 3. The molecule has 0 aliphatic heterocycles. The minimum atomic E-state index is -4.35. The fourth-order valence-corrected chi connectivity index (χ4v) is 0.823. The molecular weight excluding hydrogens is 203 g/mol. The second-order valence-corrected chi connectivity index (χ2v) is 3.87. The maximum atomic E-state index is 12.6. The van der Waals surface area contributed by atoms with Crippen LogP contribution in [0.2, 0.25) is 0 Å². The summed E-state index contributed by atoms with van der Waals surface area (Å²) in [6, 6.07) is 0.